The molecule has 0 bridgehead atoms. The van der Waals surface area contributed by atoms with Crippen molar-refractivity contribution in [2.24, 2.45) is 0 Å². The van der Waals surface area contributed by atoms with E-state index in [2.05, 4.69) is 15.6 Å². The van der Waals surface area contributed by atoms with Crippen molar-refractivity contribution in [2.75, 3.05) is 24.1 Å². The van der Waals surface area contributed by atoms with E-state index in [1.807, 2.05) is 48.5 Å². The minimum atomic E-state index is -0.998. The maximum atomic E-state index is 10.4. The van der Waals surface area contributed by atoms with E-state index >= 15 is 0 Å². The summed E-state index contributed by atoms with van der Waals surface area (Å²) >= 11 is 0. The van der Waals surface area contributed by atoms with Crippen LogP contribution >= 0.6 is 0 Å². The summed E-state index contributed by atoms with van der Waals surface area (Å²) in [4.78, 5) is 14.9. The van der Waals surface area contributed by atoms with Gasteiger partial charge in [-0.2, -0.15) is 0 Å². The maximum Gasteiger partial charge on any atom is 0.404 e. The Morgan fingerprint density at radius 1 is 1.11 bits per heavy atom. The molecule has 28 heavy (non-hydrogen) atoms. The lowest BCUT2D eigenvalue weighted by atomic mass is 10.1. The second-order valence-electron chi connectivity index (χ2n) is 6.41. The molecule has 0 radical (unpaired) electrons. The van der Waals surface area contributed by atoms with Crippen LogP contribution < -0.4 is 21.1 Å². The highest BCUT2D eigenvalue weighted by molar-refractivity contribution is 5.97. The highest BCUT2D eigenvalue weighted by Crippen LogP contribution is 2.30. The van der Waals surface area contributed by atoms with Crippen LogP contribution in [0.2, 0.25) is 0 Å². The van der Waals surface area contributed by atoms with E-state index in [1.54, 1.807) is 6.20 Å². The number of hydrogen-bond acceptors (Lipinski definition) is 5. The summed E-state index contributed by atoms with van der Waals surface area (Å²) in [5.41, 5.74) is 9.42. The smallest absolute Gasteiger partial charge is 0.404 e. The van der Waals surface area contributed by atoms with Crippen LogP contribution in [0.3, 0.4) is 0 Å². The summed E-state index contributed by atoms with van der Waals surface area (Å²) in [5.74, 6) is 0.749. The van der Waals surface area contributed by atoms with Crippen molar-refractivity contribution in [3.63, 3.8) is 0 Å². The molecule has 0 aliphatic heterocycles. The van der Waals surface area contributed by atoms with E-state index in [0.717, 1.165) is 40.7 Å². The van der Waals surface area contributed by atoms with E-state index in [-0.39, 0.29) is 0 Å². The number of nitrogens with one attached hydrogen (secondary N) is 2. The van der Waals surface area contributed by atoms with E-state index in [0.29, 0.717) is 25.4 Å². The van der Waals surface area contributed by atoms with E-state index in [1.165, 1.54) is 0 Å². The van der Waals surface area contributed by atoms with Gasteiger partial charge in [-0.05, 0) is 30.5 Å². The molecule has 146 valence electrons. The van der Waals surface area contributed by atoms with Crippen molar-refractivity contribution in [1.29, 1.82) is 0 Å². The molecule has 0 aliphatic carbocycles. The zero-order chi connectivity index (χ0) is 19.8. The highest BCUT2D eigenvalue weighted by atomic mass is 16.5. The zero-order valence-corrected chi connectivity index (χ0v) is 15.5. The SMILES string of the molecule is Nc1cnc2cc(OCc3ccccc3)ccc2c1NCCCCNC(=O)O. The number of nitrogen functional groups attached to an aromatic ring is 1. The van der Waals surface area contributed by atoms with Gasteiger partial charge in [0.05, 0.1) is 23.1 Å². The molecular weight excluding hydrogens is 356 g/mol. The lowest BCUT2D eigenvalue weighted by Crippen LogP contribution is -2.22. The average molecular weight is 380 g/mol. The van der Waals surface area contributed by atoms with E-state index in [9.17, 15) is 4.79 Å². The van der Waals surface area contributed by atoms with Crippen LogP contribution in [0, 0.1) is 0 Å². The number of rotatable bonds is 9. The van der Waals surface area contributed by atoms with Gasteiger partial charge in [-0.1, -0.05) is 30.3 Å². The number of ether oxygens (including phenoxy) is 1. The van der Waals surface area contributed by atoms with Gasteiger partial charge in [0.15, 0.2) is 0 Å². The second-order valence-corrected chi connectivity index (χ2v) is 6.41. The number of amides is 1. The van der Waals surface area contributed by atoms with Crippen molar-refractivity contribution in [3.8, 4) is 5.75 Å². The predicted molar refractivity (Wildman–Crippen MR) is 111 cm³/mol. The normalized spacial score (nSPS) is 10.6. The number of nitrogens with zero attached hydrogens (tertiary/aromatic N) is 1. The average Bonchev–Trinajstić information content (AvgIpc) is 2.71. The Morgan fingerprint density at radius 2 is 1.89 bits per heavy atom. The number of anilines is 2. The number of carboxylic acid groups (broad SMARTS) is 1. The molecule has 7 nitrogen and oxygen atoms in total. The molecule has 3 aromatic rings. The number of benzene rings is 2. The number of unbranched alkanes of at least 4 members (excludes halogenated alkanes) is 1. The Labute approximate surface area is 163 Å². The second kappa shape index (κ2) is 9.45. The first-order valence-corrected chi connectivity index (χ1v) is 9.19. The molecule has 0 aliphatic rings. The molecule has 2 aromatic carbocycles. The van der Waals surface area contributed by atoms with Gasteiger partial charge in [-0.25, -0.2) is 4.79 Å². The molecule has 5 N–H and O–H groups in total. The van der Waals surface area contributed by atoms with Gasteiger partial charge in [0.1, 0.15) is 12.4 Å². The lowest BCUT2D eigenvalue weighted by molar-refractivity contribution is 0.194. The molecule has 0 fully saturated rings. The maximum absolute atomic E-state index is 10.4. The Balaban J connectivity index is 1.63. The van der Waals surface area contributed by atoms with Gasteiger partial charge < -0.3 is 26.2 Å². The van der Waals surface area contributed by atoms with Gasteiger partial charge in [-0.15, -0.1) is 0 Å². The number of nitrogens with two attached hydrogens (primary N) is 1. The van der Waals surface area contributed by atoms with Crippen molar-refractivity contribution in [2.45, 2.75) is 19.4 Å². The summed E-state index contributed by atoms with van der Waals surface area (Å²) in [7, 11) is 0. The quantitative estimate of drug-likeness (QED) is 0.420. The molecule has 0 saturated carbocycles. The zero-order valence-electron chi connectivity index (χ0n) is 15.5. The molecule has 3 rings (SSSR count). The minimum Gasteiger partial charge on any atom is -0.489 e. The number of pyridine rings is 1. The molecule has 1 heterocycles. The monoisotopic (exact) mass is 380 g/mol. The molecule has 0 atom stereocenters. The third kappa shape index (κ3) is 5.26. The molecule has 0 unspecified atom stereocenters. The lowest BCUT2D eigenvalue weighted by Gasteiger charge is -2.13. The largest absolute Gasteiger partial charge is 0.489 e. The molecule has 0 saturated heterocycles. The summed E-state index contributed by atoms with van der Waals surface area (Å²) in [6, 6.07) is 15.8. The standard InChI is InChI=1S/C21H24N4O3/c22-18-13-25-19-12-16(28-14-15-6-2-1-3-7-15)8-9-17(19)20(18)23-10-4-5-11-24-21(26)27/h1-3,6-9,12-13,24H,4-5,10-11,14,22H2,(H,23,25)(H,26,27). The first-order valence-electron chi connectivity index (χ1n) is 9.19. The van der Waals surface area contributed by atoms with Crippen LogP contribution in [-0.4, -0.2) is 29.3 Å². The van der Waals surface area contributed by atoms with Crippen LogP contribution in [0.5, 0.6) is 5.75 Å². The fraction of sp³-hybridized carbons (Fsp3) is 0.238. The van der Waals surface area contributed by atoms with Gasteiger partial charge in [0.25, 0.3) is 0 Å². The Kier molecular flexibility index (Phi) is 6.51. The predicted octanol–water partition coefficient (Wildman–Crippen LogP) is 3.86. The van der Waals surface area contributed by atoms with Crippen LogP contribution in [0.4, 0.5) is 16.2 Å². The van der Waals surface area contributed by atoms with Gasteiger partial charge in [-0.3, -0.25) is 4.98 Å². The Morgan fingerprint density at radius 3 is 2.68 bits per heavy atom. The first-order chi connectivity index (χ1) is 13.6. The van der Waals surface area contributed by atoms with Gasteiger partial charge in [0, 0.05) is 24.5 Å². The van der Waals surface area contributed by atoms with Crippen molar-refractivity contribution in [1.82, 2.24) is 10.3 Å². The van der Waals surface area contributed by atoms with Crippen molar-refractivity contribution in [3.05, 3.63) is 60.3 Å². The number of fused-ring (bicyclic) bond motifs is 1. The van der Waals surface area contributed by atoms with Crippen molar-refractivity contribution >= 4 is 28.4 Å². The topological polar surface area (TPSA) is 110 Å². The molecule has 7 heteroatoms. The summed E-state index contributed by atoms with van der Waals surface area (Å²) in [6.45, 7) is 1.62. The minimum absolute atomic E-state index is 0.436. The fourth-order valence-electron chi connectivity index (χ4n) is 2.88. The summed E-state index contributed by atoms with van der Waals surface area (Å²) in [6.07, 6.45) is 2.21. The molecular formula is C21H24N4O3. The van der Waals surface area contributed by atoms with Crippen molar-refractivity contribution < 1.29 is 14.6 Å². The summed E-state index contributed by atoms with van der Waals surface area (Å²) < 4.78 is 5.87. The number of aromatic nitrogens is 1. The Hall–Kier alpha value is -3.48. The first kappa shape index (κ1) is 19.3. The third-order valence-electron chi connectivity index (χ3n) is 4.30. The number of hydrogen-bond donors (Lipinski definition) is 4. The van der Waals surface area contributed by atoms with Crippen LogP contribution in [0.25, 0.3) is 10.9 Å². The van der Waals surface area contributed by atoms with E-state index in [4.69, 9.17) is 15.6 Å². The van der Waals surface area contributed by atoms with Crippen LogP contribution in [0.1, 0.15) is 18.4 Å². The number of carbonyl (C=O) groups is 1. The third-order valence-corrected chi connectivity index (χ3v) is 4.30. The van der Waals surface area contributed by atoms with Crippen LogP contribution in [0.15, 0.2) is 54.7 Å². The molecule has 0 spiro atoms. The van der Waals surface area contributed by atoms with Crippen LogP contribution in [-0.2, 0) is 6.61 Å². The summed E-state index contributed by atoms with van der Waals surface area (Å²) in [5, 5.41) is 15.2. The van der Waals surface area contributed by atoms with Gasteiger partial charge >= 0.3 is 6.09 Å². The molecule has 1 amide bonds. The molecule has 1 aromatic heterocycles. The van der Waals surface area contributed by atoms with E-state index < -0.39 is 6.09 Å². The van der Waals surface area contributed by atoms with Gasteiger partial charge in [0.2, 0.25) is 0 Å². The highest BCUT2D eigenvalue weighted by Gasteiger charge is 2.08. The Bertz CT molecular complexity index is 932. The fourth-order valence-corrected chi connectivity index (χ4v) is 2.88.